The van der Waals surface area contributed by atoms with Gasteiger partial charge in [-0.05, 0) is 55.2 Å². The summed E-state index contributed by atoms with van der Waals surface area (Å²) in [7, 11) is 5.48. The molecule has 0 saturated heterocycles. The van der Waals surface area contributed by atoms with Crippen molar-refractivity contribution >= 4 is 66.7 Å². The Morgan fingerprint density at radius 2 is 1.83 bits per heavy atom. The van der Waals surface area contributed by atoms with Crippen molar-refractivity contribution in [1.82, 2.24) is 9.88 Å². The van der Waals surface area contributed by atoms with Crippen molar-refractivity contribution in [2.45, 2.75) is 0 Å². The lowest BCUT2D eigenvalue weighted by Gasteiger charge is -2.21. The largest absolute Gasteiger partial charge is 0.497 e. The molecule has 1 amide bonds. The molecule has 0 bridgehead atoms. The van der Waals surface area contributed by atoms with Gasteiger partial charge < -0.3 is 14.1 Å². The molecule has 0 saturated carbocycles. The van der Waals surface area contributed by atoms with Gasteiger partial charge in [-0.2, -0.15) is 0 Å². The van der Waals surface area contributed by atoms with Gasteiger partial charge in [0.25, 0.3) is 5.91 Å². The molecule has 2 aromatic heterocycles. The van der Waals surface area contributed by atoms with E-state index in [9.17, 15) is 9.59 Å². The highest BCUT2D eigenvalue weighted by Crippen LogP contribution is 2.32. The van der Waals surface area contributed by atoms with Gasteiger partial charge in [0.15, 0.2) is 5.13 Å². The van der Waals surface area contributed by atoms with Crippen molar-refractivity contribution in [2.24, 2.45) is 0 Å². The van der Waals surface area contributed by atoms with E-state index in [2.05, 4.69) is 4.98 Å². The first-order valence-corrected chi connectivity index (χ1v) is 11.6. The second-order valence-electron chi connectivity index (χ2n) is 8.24. The Balaban J connectivity index is 0.00000289. The first-order chi connectivity index (χ1) is 16.4. The Morgan fingerprint density at radius 3 is 2.60 bits per heavy atom. The topological polar surface area (TPSA) is 75.9 Å². The lowest BCUT2D eigenvalue weighted by atomic mass is 10.0. The highest BCUT2D eigenvalue weighted by molar-refractivity contribution is 7.22. The molecule has 35 heavy (non-hydrogen) atoms. The minimum Gasteiger partial charge on any atom is -0.497 e. The average molecular weight is 510 g/mol. The number of carbonyl (C=O) groups excluding carboxylic acids is 1. The maximum atomic E-state index is 13.7. The summed E-state index contributed by atoms with van der Waals surface area (Å²) >= 11 is 1.38. The van der Waals surface area contributed by atoms with Crippen LogP contribution < -0.4 is 15.3 Å². The van der Waals surface area contributed by atoms with E-state index in [4.69, 9.17) is 9.15 Å². The predicted octanol–water partition coefficient (Wildman–Crippen LogP) is 5.19. The zero-order valence-corrected chi connectivity index (χ0v) is 21.1. The second kappa shape index (κ2) is 10.0. The number of hydrogen-bond acceptors (Lipinski definition) is 7. The maximum absolute atomic E-state index is 13.7. The maximum Gasteiger partial charge on any atom is 0.349 e. The average Bonchev–Trinajstić information content (AvgIpc) is 3.26. The smallest absolute Gasteiger partial charge is 0.349 e. The van der Waals surface area contributed by atoms with Crippen molar-refractivity contribution in [3.05, 3.63) is 76.6 Å². The number of aromatic nitrogens is 1. The molecule has 9 heteroatoms. The Hall–Kier alpha value is -3.46. The van der Waals surface area contributed by atoms with E-state index in [1.54, 1.807) is 24.1 Å². The fraction of sp³-hybridized carbons (Fsp3) is 0.192. The summed E-state index contributed by atoms with van der Waals surface area (Å²) in [6.07, 6.45) is 0. The van der Waals surface area contributed by atoms with Crippen LogP contribution in [-0.4, -0.2) is 50.1 Å². The molecule has 0 aliphatic rings. The van der Waals surface area contributed by atoms with E-state index in [1.165, 1.54) is 11.3 Å². The van der Waals surface area contributed by atoms with Crippen LogP contribution in [0.2, 0.25) is 0 Å². The molecule has 0 spiro atoms. The van der Waals surface area contributed by atoms with Gasteiger partial charge in [-0.15, -0.1) is 12.4 Å². The van der Waals surface area contributed by atoms with Gasteiger partial charge in [-0.1, -0.05) is 41.7 Å². The molecule has 5 aromatic rings. The molecule has 7 nitrogen and oxygen atoms in total. The number of anilines is 1. The fourth-order valence-electron chi connectivity index (χ4n) is 3.89. The van der Waals surface area contributed by atoms with Crippen LogP contribution in [0.3, 0.4) is 0 Å². The van der Waals surface area contributed by atoms with Gasteiger partial charge in [0.1, 0.15) is 16.9 Å². The number of ether oxygens (including phenoxy) is 1. The van der Waals surface area contributed by atoms with E-state index in [0.29, 0.717) is 23.8 Å². The summed E-state index contributed by atoms with van der Waals surface area (Å²) in [6.45, 7) is 0.975. The van der Waals surface area contributed by atoms with Gasteiger partial charge in [-0.25, -0.2) is 9.78 Å². The quantitative estimate of drug-likeness (QED) is 0.231. The molecular weight excluding hydrogens is 486 g/mol. The van der Waals surface area contributed by atoms with Crippen LogP contribution in [0.25, 0.3) is 32.0 Å². The standard InChI is InChI=1S/C26H23N3O4S.ClH/c1-28(2)12-13-29(26-27-21-10-9-17(32-3)14-23(21)34-26)24(30)20-15-19-18-7-5-4-6-16(18)8-11-22(19)33-25(20)31;/h4-11,14-15H,12-13H2,1-3H3;1H. The number of nitrogens with zero attached hydrogens (tertiary/aromatic N) is 3. The first kappa shape index (κ1) is 24.7. The van der Waals surface area contributed by atoms with Gasteiger partial charge in [0.05, 0.1) is 17.3 Å². The Morgan fingerprint density at radius 1 is 1.03 bits per heavy atom. The Labute approximate surface area is 211 Å². The number of carbonyl (C=O) groups is 1. The van der Waals surface area contributed by atoms with Crippen LogP contribution in [-0.2, 0) is 0 Å². The van der Waals surface area contributed by atoms with Gasteiger partial charge in [-0.3, -0.25) is 9.69 Å². The van der Waals surface area contributed by atoms with Gasteiger partial charge in [0, 0.05) is 18.5 Å². The molecule has 0 radical (unpaired) electrons. The molecule has 180 valence electrons. The third-order valence-corrected chi connectivity index (χ3v) is 6.74. The van der Waals surface area contributed by atoms with Gasteiger partial charge >= 0.3 is 5.63 Å². The van der Waals surface area contributed by atoms with Crippen LogP contribution in [0.4, 0.5) is 5.13 Å². The molecule has 0 fully saturated rings. The molecular formula is C26H24ClN3O4S. The minimum absolute atomic E-state index is 0. The number of fused-ring (bicyclic) bond motifs is 4. The third kappa shape index (κ3) is 4.73. The minimum atomic E-state index is -0.662. The highest BCUT2D eigenvalue weighted by Gasteiger charge is 2.25. The van der Waals surface area contributed by atoms with Crippen LogP contribution in [0.5, 0.6) is 5.75 Å². The number of amides is 1. The summed E-state index contributed by atoms with van der Waals surface area (Å²) in [6, 6.07) is 18.7. The summed E-state index contributed by atoms with van der Waals surface area (Å²) in [4.78, 5) is 34.8. The van der Waals surface area contributed by atoms with Crippen molar-refractivity contribution in [3.8, 4) is 5.75 Å². The first-order valence-electron chi connectivity index (χ1n) is 10.8. The van der Waals surface area contributed by atoms with Crippen LogP contribution >= 0.6 is 23.7 Å². The molecule has 0 aliphatic heterocycles. The van der Waals surface area contributed by atoms with Crippen LogP contribution in [0.1, 0.15) is 10.4 Å². The highest BCUT2D eigenvalue weighted by atomic mass is 35.5. The van der Waals surface area contributed by atoms with Crippen molar-refractivity contribution in [2.75, 3.05) is 39.2 Å². The Bertz CT molecular complexity index is 1590. The lowest BCUT2D eigenvalue weighted by molar-refractivity contribution is 0.0982. The number of methoxy groups -OCH3 is 1. The van der Waals surface area contributed by atoms with E-state index < -0.39 is 11.5 Å². The summed E-state index contributed by atoms with van der Waals surface area (Å²) < 4.78 is 11.8. The van der Waals surface area contributed by atoms with Crippen LogP contribution in [0, 0.1) is 0 Å². The van der Waals surface area contributed by atoms with E-state index in [0.717, 1.165) is 32.1 Å². The normalized spacial score (nSPS) is 11.2. The number of likely N-dealkylation sites (N-methyl/N-ethyl adjacent to an activating group) is 1. The second-order valence-corrected chi connectivity index (χ2v) is 9.25. The Kier molecular flexibility index (Phi) is 7.07. The van der Waals surface area contributed by atoms with Crippen molar-refractivity contribution in [3.63, 3.8) is 0 Å². The number of thiazole rings is 1. The molecule has 5 rings (SSSR count). The molecule has 0 aliphatic carbocycles. The SMILES string of the molecule is COc1ccc2nc(N(CCN(C)C)C(=O)c3cc4c(ccc5ccccc54)oc3=O)sc2c1.Cl. The summed E-state index contributed by atoms with van der Waals surface area (Å²) in [5, 5.41) is 3.17. The number of halogens is 1. The summed E-state index contributed by atoms with van der Waals surface area (Å²) in [5.41, 5.74) is 0.539. The molecule has 0 atom stereocenters. The molecule has 0 N–H and O–H groups in total. The fourth-order valence-corrected chi connectivity index (χ4v) is 4.90. The third-order valence-electron chi connectivity index (χ3n) is 5.70. The van der Waals surface area contributed by atoms with Crippen LogP contribution in [0.15, 0.2) is 69.9 Å². The van der Waals surface area contributed by atoms with Crippen molar-refractivity contribution < 1.29 is 13.9 Å². The predicted molar refractivity (Wildman–Crippen MR) is 144 cm³/mol. The zero-order chi connectivity index (χ0) is 23.8. The number of hydrogen-bond donors (Lipinski definition) is 0. The van der Waals surface area contributed by atoms with E-state index in [-0.39, 0.29) is 18.0 Å². The van der Waals surface area contributed by atoms with Crippen molar-refractivity contribution in [1.29, 1.82) is 0 Å². The number of rotatable bonds is 6. The zero-order valence-electron chi connectivity index (χ0n) is 19.5. The van der Waals surface area contributed by atoms with E-state index in [1.807, 2.05) is 67.5 Å². The van der Waals surface area contributed by atoms with Gasteiger partial charge in [0.2, 0.25) is 0 Å². The van der Waals surface area contributed by atoms with E-state index >= 15 is 0 Å². The molecule has 0 unspecified atom stereocenters. The molecule has 2 heterocycles. The number of benzene rings is 3. The molecule has 3 aromatic carbocycles. The lowest BCUT2D eigenvalue weighted by Crippen LogP contribution is -2.38. The monoisotopic (exact) mass is 509 g/mol. The summed E-state index contributed by atoms with van der Waals surface area (Å²) in [5.74, 6) is 0.285.